The van der Waals surface area contributed by atoms with Crippen molar-refractivity contribution in [2.24, 2.45) is 0 Å². The smallest absolute Gasteiger partial charge is 0.135 e. The molecule has 12 rings (SSSR count). The van der Waals surface area contributed by atoms with Gasteiger partial charge in [-0.05, 0) is 103 Å². The summed E-state index contributed by atoms with van der Waals surface area (Å²) in [6.45, 7) is 20.0. The Kier molecular flexibility index (Phi) is 12.9. The summed E-state index contributed by atoms with van der Waals surface area (Å²) in [5, 5.41) is 1.92. The maximum atomic E-state index is 8.75. The van der Waals surface area contributed by atoms with Crippen LogP contribution in [0, 0.1) is 25.7 Å². The molecule has 396 valence electrons. The van der Waals surface area contributed by atoms with Crippen LogP contribution < -0.4 is 14.5 Å². The maximum absolute atomic E-state index is 8.75. The first kappa shape index (κ1) is 49.3. The molecule has 0 aliphatic carbocycles. The fourth-order valence-electron chi connectivity index (χ4n) is 10.7. The molecule has 2 aromatic heterocycles. The SMILES string of the molecule is [2H]C([2H])([2H])c1cc(-n2c3[c-]c(Oc4[c-]c(N5[CH-]N(c6c(-c7ccc(-c8ccccc8)cc7)cccc6-c6cc(C(C)(C)C)cc(C(C)(C)C)c6)c6ccccc65)ccc4)ccc3c3ccccc32)ncc1-c1cccc(C(C)(C)C)c1.[Pt]. The number of nitrogens with zero attached hydrogens (tertiary/aromatic N) is 4. The first-order chi connectivity index (χ1) is 38.7. The molecule has 0 bridgehead atoms. The van der Waals surface area contributed by atoms with Crippen LogP contribution in [-0.4, -0.2) is 9.55 Å². The number of ether oxygens (including phenoxy) is 1. The number of hydrogen-bond acceptors (Lipinski definition) is 4. The Morgan fingerprint density at radius 2 is 1.05 bits per heavy atom. The van der Waals surface area contributed by atoms with Gasteiger partial charge in [-0.1, -0.05) is 213 Å². The second kappa shape index (κ2) is 20.7. The summed E-state index contributed by atoms with van der Waals surface area (Å²) < 4.78 is 35.0. The van der Waals surface area contributed by atoms with Crippen LogP contribution in [-0.2, 0) is 37.3 Å². The van der Waals surface area contributed by atoms with Gasteiger partial charge in [0.25, 0.3) is 0 Å². The standard InChI is InChI=1S/C73H65N4O.Pt/c1-48-39-69(74-46-64(48)52-23-18-24-54(40-52)71(2,3)4)77-65-30-15-14-27-62(65)63-38-37-59(45-68(63)77)78-58-26-19-25-57(44-58)75-47-76(67-32-17-16-31-66(67)75)70-60(51-35-33-50(34-36-51)49-21-12-11-13-22-49)28-20-29-61(70)53-41-55(72(5,6)7)43-56(42-53)73(8,9)10;/h11-43,46-47H,1-10H3;/q-3;/i1D3;. The molecule has 0 N–H and O–H groups in total. The number of aryl methyl sites for hydroxylation is 1. The van der Waals surface area contributed by atoms with Crippen molar-refractivity contribution in [2.75, 3.05) is 9.80 Å². The summed E-state index contributed by atoms with van der Waals surface area (Å²) >= 11 is 0. The molecule has 0 fully saturated rings. The minimum Gasteiger partial charge on any atom is -0.509 e. The van der Waals surface area contributed by atoms with Crippen molar-refractivity contribution in [3.8, 4) is 61.8 Å². The minimum atomic E-state index is -2.42. The molecule has 6 heteroatoms. The number of hydrogen-bond donors (Lipinski definition) is 0. The Balaban J connectivity index is 0.00000705. The van der Waals surface area contributed by atoms with Crippen LogP contribution in [0.4, 0.5) is 22.7 Å². The van der Waals surface area contributed by atoms with E-state index in [1.165, 1.54) is 16.7 Å². The molecule has 1 aliphatic heterocycles. The van der Waals surface area contributed by atoms with Gasteiger partial charge in [0.1, 0.15) is 5.82 Å². The quantitative estimate of drug-likeness (QED) is 0.135. The summed E-state index contributed by atoms with van der Waals surface area (Å²) in [6.07, 6.45) is 1.70. The Labute approximate surface area is 485 Å². The van der Waals surface area contributed by atoms with Gasteiger partial charge in [-0.15, -0.1) is 48.1 Å². The summed E-state index contributed by atoms with van der Waals surface area (Å²) in [7, 11) is 0. The average molecular weight is 1210 g/mol. The number of fused-ring (bicyclic) bond motifs is 4. The van der Waals surface area contributed by atoms with Crippen LogP contribution in [0.25, 0.3) is 72.1 Å². The number of aromatic nitrogens is 2. The molecule has 11 aromatic rings. The van der Waals surface area contributed by atoms with Gasteiger partial charge in [-0.25, -0.2) is 4.98 Å². The predicted molar refractivity (Wildman–Crippen MR) is 327 cm³/mol. The van der Waals surface area contributed by atoms with E-state index in [0.717, 1.165) is 78.0 Å². The predicted octanol–water partition coefficient (Wildman–Crippen LogP) is 19.8. The molecule has 5 nitrogen and oxygen atoms in total. The molecular weight excluding hydrogens is 1140 g/mol. The molecule has 9 aromatic carbocycles. The Morgan fingerprint density at radius 3 is 1.76 bits per heavy atom. The number of anilines is 4. The van der Waals surface area contributed by atoms with Crippen molar-refractivity contribution in [1.29, 1.82) is 0 Å². The number of pyridine rings is 1. The summed E-state index contributed by atoms with van der Waals surface area (Å²) in [5.74, 6) is 1.46. The van der Waals surface area contributed by atoms with Gasteiger partial charge in [0.2, 0.25) is 0 Å². The molecule has 0 saturated carbocycles. The van der Waals surface area contributed by atoms with E-state index >= 15 is 0 Å². The van der Waals surface area contributed by atoms with Gasteiger partial charge in [0, 0.05) is 82.1 Å². The Bertz CT molecular complexity index is 4150. The number of para-hydroxylation sites is 4. The molecule has 0 saturated heterocycles. The van der Waals surface area contributed by atoms with Crippen molar-refractivity contribution in [3.05, 3.63) is 247 Å². The van der Waals surface area contributed by atoms with Crippen molar-refractivity contribution < 1.29 is 29.9 Å². The van der Waals surface area contributed by atoms with Gasteiger partial charge >= 0.3 is 0 Å². The van der Waals surface area contributed by atoms with Crippen molar-refractivity contribution in [3.63, 3.8) is 0 Å². The second-order valence-corrected chi connectivity index (χ2v) is 23.6. The fraction of sp³-hybridized carbons (Fsp3) is 0.178. The Morgan fingerprint density at radius 1 is 0.468 bits per heavy atom. The summed E-state index contributed by atoms with van der Waals surface area (Å²) in [6, 6.07) is 76.9. The van der Waals surface area contributed by atoms with E-state index in [0.29, 0.717) is 28.4 Å². The molecule has 0 spiro atoms. The molecule has 1 aliphatic rings. The van der Waals surface area contributed by atoms with E-state index < -0.39 is 6.85 Å². The van der Waals surface area contributed by atoms with E-state index in [1.807, 2.05) is 59.2 Å². The van der Waals surface area contributed by atoms with Gasteiger partial charge in [-0.2, -0.15) is 12.1 Å². The third-order valence-corrected chi connectivity index (χ3v) is 15.1. The summed E-state index contributed by atoms with van der Waals surface area (Å²) in [5.41, 5.74) is 17.4. The fourth-order valence-corrected chi connectivity index (χ4v) is 10.7. The van der Waals surface area contributed by atoms with E-state index in [4.69, 9.17) is 13.8 Å². The molecule has 0 atom stereocenters. The van der Waals surface area contributed by atoms with Crippen molar-refractivity contribution >= 4 is 44.6 Å². The summed E-state index contributed by atoms with van der Waals surface area (Å²) in [4.78, 5) is 9.53. The number of rotatable bonds is 9. The Hall–Kier alpha value is -7.98. The molecule has 3 heterocycles. The van der Waals surface area contributed by atoms with E-state index in [-0.39, 0.29) is 42.9 Å². The third kappa shape index (κ3) is 10.2. The van der Waals surface area contributed by atoms with E-state index in [9.17, 15) is 0 Å². The third-order valence-electron chi connectivity index (χ3n) is 15.1. The van der Waals surface area contributed by atoms with Crippen LogP contribution in [0.15, 0.2) is 206 Å². The van der Waals surface area contributed by atoms with Crippen LogP contribution in [0.5, 0.6) is 11.5 Å². The first-order valence-electron chi connectivity index (χ1n) is 28.4. The monoisotopic (exact) mass is 1210 g/mol. The second-order valence-electron chi connectivity index (χ2n) is 23.6. The van der Waals surface area contributed by atoms with Crippen LogP contribution in [0.2, 0.25) is 0 Å². The molecule has 0 unspecified atom stereocenters. The van der Waals surface area contributed by atoms with E-state index in [1.54, 1.807) is 12.3 Å². The molecule has 0 radical (unpaired) electrons. The van der Waals surface area contributed by atoms with Crippen molar-refractivity contribution in [2.45, 2.75) is 85.4 Å². The average Bonchev–Trinajstić information content (AvgIpc) is 4.03. The minimum absolute atomic E-state index is 0. The van der Waals surface area contributed by atoms with Crippen LogP contribution in [0.1, 0.15) is 88.7 Å². The molecule has 79 heavy (non-hydrogen) atoms. The number of benzene rings is 9. The van der Waals surface area contributed by atoms with Gasteiger partial charge in [-0.3, -0.25) is 0 Å². The topological polar surface area (TPSA) is 33.5 Å². The zero-order valence-electron chi connectivity index (χ0n) is 49.2. The van der Waals surface area contributed by atoms with Crippen LogP contribution >= 0.6 is 0 Å². The molecular formula is C73H65N4OPt-3. The van der Waals surface area contributed by atoms with Crippen LogP contribution in [0.3, 0.4) is 0 Å². The van der Waals surface area contributed by atoms with Crippen molar-refractivity contribution in [1.82, 2.24) is 9.55 Å². The zero-order chi connectivity index (χ0) is 56.6. The normalized spacial score (nSPS) is 13.5. The van der Waals surface area contributed by atoms with Gasteiger partial charge < -0.3 is 19.1 Å². The van der Waals surface area contributed by atoms with E-state index in [2.05, 4.69) is 230 Å². The van der Waals surface area contributed by atoms with Gasteiger partial charge in [0.15, 0.2) is 0 Å². The first-order valence-corrected chi connectivity index (χ1v) is 26.9. The molecule has 0 amide bonds. The van der Waals surface area contributed by atoms with Gasteiger partial charge in [0.05, 0.1) is 0 Å². The zero-order valence-corrected chi connectivity index (χ0v) is 48.5. The maximum Gasteiger partial charge on any atom is 0.135 e. The largest absolute Gasteiger partial charge is 0.509 e.